The zero-order chi connectivity index (χ0) is 18.3. The van der Waals surface area contributed by atoms with Crippen LogP contribution in [0.2, 0.25) is 0 Å². The molecule has 1 aliphatic rings. The summed E-state index contributed by atoms with van der Waals surface area (Å²) in [4.78, 5) is 19.6. The molecule has 0 radical (unpaired) electrons. The lowest BCUT2D eigenvalue weighted by atomic mass is 10.1. The summed E-state index contributed by atoms with van der Waals surface area (Å²) in [6.07, 6.45) is 1.58. The monoisotopic (exact) mass is 347 g/mol. The maximum Gasteiger partial charge on any atom is 0.227 e. The fourth-order valence-corrected chi connectivity index (χ4v) is 4.01. The number of para-hydroxylation sites is 2. The number of carbonyl (C=O) groups excluding carboxylic acids is 1. The van der Waals surface area contributed by atoms with E-state index in [1.807, 2.05) is 17.0 Å². The first-order valence-electron chi connectivity index (χ1n) is 9.42. The Morgan fingerprint density at radius 3 is 2.73 bits per heavy atom. The Labute approximate surface area is 154 Å². The Bertz CT molecular complexity index is 973. The minimum Gasteiger partial charge on any atom is -0.328 e. The first-order valence-corrected chi connectivity index (χ1v) is 9.42. The van der Waals surface area contributed by atoms with Gasteiger partial charge in [-0.15, -0.1) is 0 Å². The average molecular weight is 347 g/mol. The van der Waals surface area contributed by atoms with Gasteiger partial charge in [-0.1, -0.05) is 31.2 Å². The second-order valence-corrected chi connectivity index (χ2v) is 7.23. The topological polar surface area (TPSA) is 38.1 Å². The molecule has 2 heterocycles. The fourth-order valence-electron chi connectivity index (χ4n) is 4.01. The van der Waals surface area contributed by atoms with Gasteiger partial charge in [-0.3, -0.25) is 4.79 Å². The maximum atomic E-state index is 12.8. The van der Waals surface area contributed by atoms with Crippen LogP contribution in [0.5, 0.6) is 0 Å². The largest absolute Gasteiger partial charge is 0.328 e. The summed E-state index contributed by atoms with van der Waals surface area (Å²) in [6, 6.07) is 14.4. The number of anilines is 1. The third-order valence-corrected chi connectivity index (χ3v) is 5.49. The molecule has 26 heavy (non-hydrogen) atoms. The first kappa shape index (κ1) is 16.8. The van der Waals surface area contributed by atoms with E-state index >= 15 is 0 Å². The highest BCUT2D eigenvalue weighted by atomic mass is 16.2. The third kappa shape index (κ3) is 2.70. The summed E-state index contributed by atoms with van der Waals surface area (Å²) in [7, 11) is 0. The van der Waals surface area contributed by atoms with E-state index in [0.29, 0.717) is 13.0 Å². The van der Waals surface area contributed by atoms with Gasteiger partial charge < -0.3 is 9.47 Å². The number of rotatable bonds is 4. The molecule has 0 saturated carbocycles. The second-order valence-electron chi connectivity index (χ2n) is 7.23. The molecule has 0 N–H and O–H groups in total. The van der Waals surface area contributed by atoms with Crippen LogP contribution < -0.4 is 4.90 Å². The minimum atomic E-state index is 0.140. The molecule has 4 rings (SSSR count). The molecule has 1 aliphatic heterocycles. The normalized spacial score (nSPS) is 17.4. The van der Waals surface area contributed by atoms with Crippen molar-refractivity contribution < 1.29 is 4.79 Å². The van der Waals surface area contributed by atoms with Crippen LogP contribution in [0.1, 0.15) is 42.6 Å². The number of fused-ring (bicyclic) bond motifs is 1. The van der Waals surface area contributed by atoms with Gasteiger partial charge in [0.25, 0.3) is 0 Å². The molecule has 4 nitrogen and oxygen atoms in total. The van der Waals surface area contributed by atoms with Crippen molar-refractivity contribution in [2.75, 3.05) is 11.4 Å². The number of carbonyl (C=O) groups is 1. The third-order valence-electron chi connectivity index (χ3n) is 5.49. The van der Waals surface area contributed by atoms with Gasteiger partial charge in [0.1, 0.15) is 5.82 Å². The predicted octanol–water partition coefficient (Wildman–Crippen LogP) is 4.58. The molecule has 1 fully saturated rings. The van der Waals surface area contributed by atoms with Gasteiger partial charge in [0.2, 0.25) is 5.91 Å². The van der Waals surface area contributed by atoms with Gasteiger partial charge in [0, 0.05) is 31.1 Å². The Morgan fingerprint density at radius 2 is 1.92 bits per heavy atom. The molecule has 1 atom stereocenters. The standard InChI is InChI=1S/C22H25N3O/c1-4-12-24-20-10-6-5-9-18(20)23-22(24)17-13-21(26)25(14-17)19-11-7-8-15(2)16(19)3/h5-11,17H,4,12-14H2,1-3H3/t17-/m0/s1. The van der Waals surface area contributed by atoms with Crippen molar-refractivity contribution in [3.05, 3.63) is 59.4 Å². The number of nitrogens with zero attached hydrogens (tertiary/aromatic N) is 3. The van der Waals surface area contributed by atoms with Crippen LogP contribution >= 0.6 is 0 Å². The zero-order valence-electron chi connectivity index (χ0n) is 15.7. The fraction of sp³-hybridized carbons (Fsp3) is 0.364. The second kappa shape index (κ2) is 6.60. The molecule has 1 aromatic heterocycles. The molecule has 0 aliphatic carbocycles. The quantitative estimate of drug-likeness (QED) is 0.693. The number of hydrogen-bond acceptors (Lipinski definition) is 2. The van der Waals surface area contributed by atoms with E-state index < -0.39 is 0 Å². The van der Waals surface area contributed by atoms with E-state index in [2.05, 4.69) is 55.7 Å². The van der Waals surface area contributed by atoms with Gasteiger partial charge >= 0.3 is 0 Å². The van der Waals surface area contributed by atoms with Crippen molar-refractivity contribution in [2.24, 2.45) is 0 Å². The van der Waals surface area contributed by atoms with Gasteiger partial charge in [0.05, 0.1) is 11.0 Å². The Kier molecular flexibility index (Phi) is 4.27. The van der Waals surface area contributed by atoms with Crippen LogP contribution in [0.4, 0.5) is 5.69 Å². The Hall–Kier alpha value is -2.62. The van der Waals surface area contributed by atoms with Crippen molar-refractivity contribution in [3.8, 4) is 0 Å². The van der Waals surface area contributed by atoms with Crippen molar-refractivity contribution in [2.45, 2.75) is 46.1 Å². The highest BCUT2D eigenvalue weighted by molar-refractivity contribution is 5.97. The van der Waals surface area contributed by atoms with E-state index in [1.165, 1.54) is 16.6 Å². The van der Waals surface area contributed by atoms with Crippen LogP contribution in [0.3, 0.4) is 0 Å². The van der Waals surface area contributed by atoms with E-state index in [4.69, 9.17) is 4.98 Å². The summed E-state index contributed by atoms with van der Waals surface area (Å²) in [5, 5.41) is 0. The van der Waals surface area contributed by atoms with E-state index in [0.717, 1.165) is 30.0 Å². The number of aryl methyl sites for hydroxylation is 2. The zero-order valence-corrected chi connectivity index (χ0v) is 15.7. The summed E-state index contributed by atoms with van der Waals surface area (Å²) in [5.74, 6) is 1.38. The summed E-state index contributed by atoms with van der Waals surface area (Å²) in [5.41, 5.74) is 5.63. The van der Waals surface area contributed by atoms with Crippen LogP contribution in [-0.2, 0) is 11.3 Å². The molecular formula is C22H25N3O. The molecule has 134 valence electrons. The lowest BCUT2D eigenvalue weighted by molar-refractivity contribution is -0.117. The molecule has 1 saturated heterocycles. The summed E-state index contributed by atoms with van der Waals surface area (Å²) >= 11 is 0. The van der Waals surface area contributed by atoms with Crippen molar-refractivity contribution in [3.63, 3.8) is 0 Å². The molecule has 0 spiro atoms. The number of amides is 1. The van der Waals surface area contributed by atoms with Gasteiger partial charge in [0.15, 0.2) is 0 Å². The van der Waals surface area contributed by atoms with Gasteiger partial charge in [-0.25, -0.2) is 4.98 Å². The van der Waals surface area contributed by atoms with Gasteiger partial charge in [-0.05, 0) is 49.6 Å². The molecule has 1 amide bonds. The van der Waals surface area contributed by atoms with Crippen molar-refractivity contribution >= 4 is 22.6 Å². The number of imidazole rings is 1. The summed E-state index contributed by atoms with van der Waals surface area (Å²) < 4.78 is 2.31. The molecule has 3 aromatic rings. The number of aromatic nitrogens is 2. The highest BCUT2D eigenvalue weighted by Crippen LogP contribution is 2.35. The Morgan fingerprint density at radius 1 is 1.12 bits per heavy atom. The van der Waals surface area contributed by atoms with Crippen molar-refractivity contribution in [1.82, 2.24) is 9.55 Å². The highest BCUT2D eigenvalue weighted by Gasteiger charge is 2.35. The van der Waals surface area contributed by atoms with Crippen LogP contribution in [-0.4, -0.2) is 22.0 Å². The van der Waals surface area contributed by atoms with E-state index in [1.54, 1.807) is 0 Å². The summed E-state index contributed by atoms with van der Waals surface area (Å²) in [6.45, 7) is 8.01. The van der Waals surface area contributed by atoms with Crippen LogP contribution in [0.15, 0.2) is 42.5 Å². The Balaban J connectivity index is 1.72. The molecule has 4 heteroatoms. The number of hydrogen-bond donors (Lipinski definition) is 0. The van der Waals surface area contributed by atoms with Crippen molar-refractivity contribution in [1.29, 1.82) is 0 Å². The average Bonchev–Trinajstić information content (AvgIpc) is 3.19. The molecule has 0 unspecified atom stereocenters. The first-order chi connectivity index (χ1) is 12.6. The predicted molar refractivity (Wildman–Crippen MR) is 106 cm³/mol. The molecule has 2 aromatic carbocycles. The minimum absolute atomic E-state index is 0.140. The lowest BCUT2D eigenvalue weighted by Crippen LogP contribution is -2.25. The van der Waals surface area contributed by atoms with Crippen LogP contribution in [0.25, 0.3) is 11.0 Å². The lowest BCUT2D eigenvalue weighted by Gasteiger charge is -2.20. The molecule has 0 bridgehead atoms. The molecular weight excluding hydrogens is 322 g/mol. The van der Waals surface area contributed by atoms with Crippen LogP contribution in [0, 0.1) is 13.8 Å². The smallest absolute Gasteiger partial charge is 0.227 e. The van der Waals surface area contributed by atoms with Gasteiger partial charge in [-0.2, -0.15) is 0 Å². The van der Waals surface area contributed by atoms with E-state index in [9.17, 15) is 4.79 Å². The SMILES string of the molecule is CCCn1c([C@H]2CC(=O)N(c3cccc(C)c3C)C2)nc2ccccc21. The van der Waals surface area contributed by atoms with E-state index in [-0.39, 0.29) is 11.8 Å². The maximum absolute atomic E-state index is 12.8. The number of benzene rings is 2.